The van der Waals surface area contributed by atoms with Gasteiger partial charge in [-0.15, -0.1) is 0 Å². The highest BCUT2D eigenvalue weighted by Gasteiger charge is 2.33. The zero-order valence-corrected chi connectivity index (χ0v) is 8.31. The van der Waals surface area contributed by atoms with Gasteiger partial charge in [0.1, 0.15) is 12.2 Å². The van der Waals surface area contributed by atoms with Gasteiger partial charge in [0.05, 0.1) is 13.2 Å². The first kappa shape index (κ1) is 9.07. The summed E-state index contributed by atoms with van der Waals surface area (Å²) < 4.78 is 10.6. The SMILES string of the molecule is O=C1c2ccccc2CC1OCC1CO1. The van der Waals surface area contributed by atoms with E-state index in [2.05, 4.69) is 0 Å². The van der Waals surface area contributed by atoms with Crippen molar-refractivity contribution < 1.29 is 14.3 Å². The molecule has 3 heteroatoms. The van der Waals surface area contributed by atoms with E-state index in [1.807, 2.05) is 24.3 Å². The molecule has 1 aliphatic carbocycles. The number of hydrogen-bond donors (Lipinski definition) is 0. The van der Waals surface area contributed by atoms with Gasteiger partial charge in [0.15, 0.2) is 5.78 Å². The first-order chi connectivity index (χ1) is 7.34. The molecule has 0 radical (unpaired) electrons. The summed E-state index contributed by atoms with van der Waals surface area (Å²) in [6.07, 6.45) is 0.648. The van der Waals surface area contributed by atoms with Crippen LogP contribution in [0.1, 0.15) is 15.9 Å². The second kappa shape index (κ2) is 3.43. The molecule has 0 bridgehead atoms. The maximum Gasteiger partial charge on any atom is 0.192 e. The Morgan fingerprint density at radius 3 is 2.93 bits per heavy atom. The summed E-state index contributed by atoms with van der Waals surface area (Å²) in [5.41, 5.74) is 1.92. The number of ketones is 1. The lowest BCUT2D eigenvalue weighted by Crippen LogP contribution is -2.22. The van der Waals surface area contributed by atoms with E-state index in [-0.39, 0.29) is 18.0 Å². The molecule has 2 unspecified atom stereocenters. The molecular weight excluding hydrogens is 192 g/mol. The summed E-state index contributed by atoms with van der Waals surface area (Å²) in [6.45, 7) is 1.32. The van der Waals surface area contributed by atoms with Crippen molar-refractivity contribution in [3.05, 3.63) is 35.4 Å². The summed E-state index contributed by atoms with van der Waals surface area (Å²) in [6, 6.07) is 7.71. The number of carbonyl (C=O) groups excluding carboxylic acids is 1. The number of epoxide rings is 1. The van der Waals surface area contributed by atoms with E-state index in [0.717, 1.165) is 17.7 Å². The first-order valence-electron chi connectivity index (χ1n) is 5.20. The average molecular weight is 204 g/mol. The standard InChI is InChI=1S/C12H12O3/c13-12-10-4-2-1-3-8(10)5-11(12)15-7-9-6-14-9/h1-4,9,11H,5-7H2. The second-order valence-electron chi connectivity index (χ2n) is 4.00. The van der Waals surface area contributed by atoms with Gasteiger partial charge in [-0.2, -0.15) is 0 Å². The number of fused-ring (bicyclic) bond motifs is 1. The highest BCUT2D eigenvalue weighted by atomic mass is 16.6. The third-order valence-corrected chi connectivity index (χ3v) is 2.87. The highest BCUT2D eigenvalue weighted by Crippen LogP contribution is 2.24. The molecule has 78 valence electrons. The van der Waals surface area contributed by atoms with Crippen LogP contribution in [0, 0.1) is 0 Å². The number of Topliss-reactive ketones (excluding diaryl/α,β-unsaturated/α-hetero) is 1. The first-order valence-corrected chi connectivity index (χ1v) is 5.20. The number of ether oxygens (including phenoxy) is 2. The monoisotopic (exact) mass is 204 g/mol. The Labute approximate surface area is 88.0 Å². The maximum absolute atomic E-state index is 11.9. The molecule has 0 saturated carbocycles. The molecular formula is C12H12O3. The predicted molar refractivity (Wildman–Crippen MR) is 54.0 cm³/mol. The van der Waals surface area contributed by atoms with E-state index in [1.54, 1.807) is 0 Å². The number of rotatable bonds is 3. The molecule has 1 fully saturated rings. The number of benzene rings is 1. The Morgan fingerprint density at radius 1 is 1.40 bits per heavy atom. The Kier molecular flexibility index (Phi) is 2.08. The molecule has 0 amide bonds. The quantitative estimate of drug-likeness (QED) is 0.695. The third-order valence-electron chi connectivity index (χ3n) is 2.87. The average Bonchev–Trinajstić information content (AvgIpc) is 3.03. The predicted octanol–water partition coefficient (Wildman–Crippen LogP) is 1.21. The molecule has 2 aliphatic rings. The molecule has 1 heterocycles. The van der Waals surface area contributed by atoms with Gasteiger partial charge in [-0.25, -0.2) is 0 Å². The normalized spacial score (nSPS) is 27.9. The van der Waals surface area contributed by atoms with E-state index in [0.29, 0.717) is 13.0 Å². The largest absolute Gasteiger partial charge is 0.371 e. The van der Waals surface area contributed by atoms with Gasteiger partial charge in [0, 0.05) is 12.0 Å². The van der Waals surface area contributed by atoms with Crippen LogP contribution in [0.15, 0.2) is 24.3 Å². The molecule has 3 nitrogen and oxygen atoms in total. The molecule has 0 aromatic heterocycles. The lowest BCUT2D eigenvalue weighted by atomic mass is 10.1. The van der Waals surface area contributed by atoms with E-state index in [4.69, 9.17) is 9.47 Å². The molecule has 1 aromatic rings. The topological polar surface area (TPSA) is 38.8 Å². The van der Waals surface area contributed by atoms with Crippen molar-refractivity contribution >= 4 is 5.78 Å². The van der Waals surface area contributed by atoms with Gasteiger partial charge in [0.25, 0.3) is 0 Å². The summed E-state index contributed by atoms with van der Waals surface area (Å²) in [5, 5.41) is 0. The summed E-state index contributed by atoms with van der Waals surface area (Å²) in [7, 11) is 0. The molecule has 3 rings (SSSR count). The van der Waals surface area contributed by atoms with Crippen LogP contribution in [-0.2, 0) is 15.9 Å². The Morgan fingerprint density at radius 2 is 2.20 bits per heavy atom. The second-order valence-corrected chi connectivity index (χ2v) is 4.00. The minimum Gasteiger partial charge on any atom is -0.371 e. The van der Waals surface area contributed by atoms with Crippen LogP contribution in [0.4, 0.5) is 0 Å². The van der Waals surface area contributed by atoms with Crippen molar-refractivity contribution in [1.29, 1.82) is 0 Å². The van der Waals surface area contributed by atoms with Crippen LogP contribution in [0.2, 0.25) is 0 Å². The van der Waals surface area contributed by atoms with E-state index >= 15 is 0 Å². The fourth-order valence-electron chi connectivity index (χ4n) is 1.93. The third kappa shape index (κ3) is 1.68. The van der Waals surface area contributed by atoms with Gasteiger partial charge >= 0.3 is 0 Å². The zero-order chi connectivity index (χ0) is 10.3. The number of carbonyl (C=O) groups is 1. The molecule has 0 spiro atoms. The fraction of sp³-hybridized carbons (Fsp3) is 0.417. The van der Waals surface area contributed by atoms with Crippen molar-refractivity contribution in [2.45, 2.75) is 18.6 Å². The van der Waals surface area contributed by atoms with Crippen molar-refractivity contribution in [2.24, 2.45) is 0 Å². The lowest BCUT2D eigenvalue weighted by molar-refractivity contribution is 0.0398. The van der Waals surface area contributed by atoms with Crippen LogP contribution in [0.5, 0.6) is 0 Å². The summed E-state index contributed by atoms with van der Waals surface area (Å²) in [4.78, 5) is 11.9. The molecule has 2 atom stereocenters. The molecule has 1 saturated heterocycles. The smallest absolute Gasteiger partial charge is 0.192 e. The summed E-state index contributed by atoms with van der Waals surface area (Å²) in [5.74, 6) is 0.117. The molecule has 1 aliphatic heterocycles. The molecule has 15 heavy (non-hydrogen) atoms. The van der Waals surface area contributed by atoms with Gasteiger partial charge in [-0.1, -0.05) is 24.3 Å². The highest BCUT2D eigenvalue weighted by molar-refractivity contribution is 6.03. The van der Waals surface area contributed by atoms with Crippen LogP contribution < -0.4 is 0 Å². The lowest BCUT2D eigenvalue weighted by Gasteiger charge is -2.07. The van der Waals surface area contributed by atoms with Crippen LogP contribution in [-0.4, -0.2) is 31.2 Å². The van der Waals surface area contributed by atoms with Crippen molar-refractivity contribution in [3.63, 3.8) is 0 Å². The van der Waals surface area contributed by atoms with Gasteiger partial charge in [-0.3, -0.25) is 4.79 Å². The Balaban J connectivity index is 1.71. The number of hydrogen-bond acceptors (Lipinski definition) is 3. The van der Waals surface area contributed by atoms with Crippen LogP contribution >= 0.6 is 0 Å². The van der Waals surface area contributed by atoms with Crippen LogP contribution in [0.25, 0.3) is 0 Å². The molecule has 0 N–H and O–H groups in total. The van der Waals surface area contributed by atoms with Crippen molar-refractivity contribution in [3.8, 4) is 0 Å². The van der Waals surface area contributed by atoms with Crippen molar-refractivity contribution in [1.82, 2.24) is 0 Å². The fourth-order valence-corrected chi connectivity index (χ4v) is 1.93. The molecule has 1 aromatic carbocycles. The van der Waals surface area contributed by atoms with E-state index < -0.39 is 0 Å². The van der Waals surface area contributed by atoms with Gasteiger partial charge < -0.3 is 9.47 Å². The maximum atomic E-state index is 11.9. The Hall–Kier alpha value is -1.19. The minimum atomic E-state index is -0.286. The minimum absolute atomic E-state index is 0.117. The van der Waals surface area contributed by atoms with Gasteiger partial charge in [-0.05, 0) is 5.56 Å². The van der Waals surface area contributed by atoms with Crippen LogP contribution in [0.3, 0.4) is 0 Å². The van der Waals surface area contributed by atoms with Gasteiger partial charge in [0.2, 0.25) is 0 Å². The van der Waals surface area contributed by atoms with Crippen molar-refractivity contribution in [2.75, 3.05) is 13.2 Å². The van der Waals surface area contributed by atoms with E-state index in [1.165, 1.54) is 0 Å². The van der Waals surface area contributed by atoms with E-state index in [9.17, 15) is 4.79 Å². The summed E-state index contributed by atoms with van der Waals surface area (Å²) >= 11 is 0. The Bertz CT molecular complexity index is 396. The zero-order valence-electron chi connectivity index (χ0n) is 8.31.